The molecule has 0 fully saturated rings. The molecule has 0 aromatic heterocycles. The molecule has 0 aliphatic carbocycles. The summed E-state index contributed by atoms with van der Waals surface area (Å²) in [4.78, 5) is 0.658. The van der Waals surface area contributed by atoms with Crippen molar-refractivity contribution in [2.45, 2.75) is 30.8 Å². The molecular formula is C12H18FNOS. The maximum absolute atomic E-state index is 13.5. The molecule has 2 atom stereocenters. The van der Waals surface area contributed by atoms with E-state index >= 15 is 0 Å². The topological polar surface area (TPSA) is 32.3 Å². The van der Waals surface area contributed by atoms with Gasteiger partial charge in [-0.3, -0.25) is 0 Å². The minimum Gasteiger partial charge on any atom is -0.395 e. The molecule has 0 bridgehead atoms. The van der Waals surface area contributed by atoms with Crippen molar-refractivity contribution in [1.82, 2.24) is 5.32 Å². The monoisotopic (exact) mass is 243 g/mol. The predicted molar refractivity (Wildman–Crippen MR) is 66.3 cm³/mol. The zero-order valence-electron chi connectivity index (χ0n) is 9.83. The molecule has 2 unspecified atom stereocenters. The lowest BCUT2D eigenvalue weighted by atomic mass is 10.1. The molecule has 0 spiro atoms. The fraction of sp³-hybridized carbons (Fsp3) is 0.500. The molecule has 90 valence electrons. The Morgan fingerprint density at radius 1 is 1.44 bits per heavy atom. The first-order chi connectivity index (χ1) is 7.58. The molecule has 0 amide bonds. The molecule has 0 aliphatic rings. The molecule has 0 saturated carbocycles. The van der Waals surface area contributed by atoms with Gasteiger partial charge in [-0.05, 0) is 37.8 Å². The van der Waals surface area contributed by atoms with Crippen molar-refractivity contribution in [3.05, 3.63) is 29.6 Å². The van der Waals surface area contributed by atoms with Crippen molar-refractivity contribution >= 4 is 11.8 Å². The molecular weight excluding hydrogens is 225 g/mol. The predicted octanol–water partition coefficient (Wildman–Crippen LogP) is 2.58. The minimum atomic E-state index is -0.185. The summed E-state index contributed by atoms with van der Waals surface area (Å²) in [5.41, 5.74) is 0.899. The van der Waals surface area contributed by atoms with E-state index in [2.05, 4.69) is 5.32 Å². The van der Waals surface area contributed by atoms with E-state index in [-0.39, 0.29) is 24.5 Å². The van der Waals surface area contributed by atoms with Crippen molar-refractivity contribution in [3.8, 4) is 0 Å². The van der Waals surface area contributed by atoms with Crippen molar-refractivity contribution in [2.75, 3.05) is 12.9 Å². The second-order valence-corrected chi connectivity index (χ2v) is 4.71. The van der Waals surface area contributed by atoms with Crippen LogP contribution >= 0.6 is 11.8 Å². The minimum absolute atomic E-state index is 0.0123. The first-order valence-corrected chi connectivity index (χ1v) is 6.51. The number of thioether (sulfide) groups is 1. The van der Waals surface area contributed by atoms with E-state index in [1.807, 2.05) is 26.2 Å². The van der Waals surface area contributed by atoms with Crippen LogP contribution in [0.5, 0.6) is 0 Å². The van der Waals surface area contributed by atoms with Crippen LogP contribution in [0.3, 0.4) is 0 Å². The number of hydrogen-bond donors (Lipinski definition) is 2. The first-order valence-electron chi connectivity index (χ1n) is 5.28. The molecule has 2 N–H and O–H groups in total. The molecule has 1 aromatic carbocycles. The van der Waals surface area contributed by atoms with Crippen molar-refractivity contribution in [2.24, 2.45) is 0 Å². The van der Waals surface area contributed by atoms with Gasteiger partial charge >= 0.3 is 0 Å². The molecule has 0 radical (unpaired) electrons. The van der Waals surface area contributed by atoms with Gasteiger partial charge < -0.3 is 10.4 Å². The van der Waals surface area contributed by atoms with Crippen LogP contribution in [0.1, 0.15) is 25.5 Å². The van der Waals surface area contributed by atoms with E-state index in [0.717, 1.165) is 5.56 Å². The summed E-state index contributed by atoms with van der Waals surface area (Å²) in [6.45, 7) is 3.93. The van der Waals surface area contributed by atoms with Crippen LogP contribution in [-0.4, -0.2) is 24.0 Å². The van der Waals surface area contributed by atoms with Gasteiger partial charge in [-0.25, -0.2) is 4.39 Å². The highest BCUT2D eigenvalue weighted by atomic mass is 32.2. The summed E-state index contributed by atoms with van der Waals surface area (Å²) in [5.74, 6) is -0.185. The third kappa shape index (κ3) is 3.47. The standard InChI is InChI=1S/C12H18FNOS/c1-8(7-15)14-9(2)10-4-5-12(16-3)11(13)6-10/h4-6,8-9,14-15H,7H2,1-3H3. The molecule has 16 heavy (non-hydrogen) atoms. The van der Waals surface area contributed by atoms with Gasteiger partial charge in [-0.15, -0.1) is 11.8 Å². The highest BCUT2D eigenvalue weighted by Crippen LogP contribution is 2.23. The van der Waals surface area contributed by atoms with Gasteiger partial charge in [0, 0.05) is 17.0 Å². The maximum Gasteiger partial charge on any atom is 0.137 e. The first kappa shape index (κ1) is 13.5. The average Bonchev–Trinajstić information content (AvgIpc) is 2.28. The van der Waals surface area contributed by atoms with Crippen molar-refractivity contribution in [1.29, 1.82) is 0 Å². The van der Waals surface area contributed by atoms with Crippen LogP contribution in [0.25, 0.3) is 0 Å². The number of aliphatic hydroxyl groups is 1. The number of halogens is 1. The largest absolute Gasteiger partial charge is 0.395 e. The van der Waals surface area contributed by atoms with E-state index < -0.39 is 0 Å². The number of aliphatic hydroxyl groups excluding tert-OH is 1. The third-order valence-electron chi connectivity index (χ3n) is 2.48. The maximum atomic E-state index is 13.5. The Morgan fingerprint density at radius 3 is 2.62 bits per heavy atom. The fourth-order valence-corrected chi connectivity index (χ4v) is 1.99. The van der Waals surface area contributed by atoms with Gasteiger partial charge in [-0.1, -0.05) is 6.07 Å². The lowest BCUT2D eigenvalue weighted by Crippen LogP contribution is -2.31. The summed E-state index contributed by atoms with van der Waals surface area (Å²) in [6.07, 6.45) is 1.85. The second-order valence-electron chi connectivity index (χ2n) is 3.87. The van der Waals surface area contributed by atoms with E-state index in [9.17, 15) is 4.39 Å². The Labute approximate surface area is 100 Å². The summed E-state index contributed by atoms with van der Waals surface area (Å²) < 4.78 is 13.5. The van der Waals surface area contributed by atoms with Crippen LogP contribution in [0.2, 0.25) is 0 Å². The van der Waals surface area contributed by atoms with E-state index in [1.165, 1.54) is 11.8 Å². The SMILES string of the molecule is CSc1ccc(C(C)NC(C)CO)cc1F. The van der Waals surface area contributed by atoms with Crippen LogP contribution < -0.4 is 5.32 Å². The Hall–Kier alpha value is -0.580. The molecule has 1 aromatic rings. The zero-order valence-corrected chi connectivity index (χ0v) is 10.6. The Bertz CT molecular complexity index is 346. The summed E-state index contributed by atoms with van der Waals surface area (Å²) in [7, 11) is 0. The smallest absolute Gasteiger partial charge is 0.137 e. The highest BCUT2D eigenvalue weighted by molar-refractivity contribution is 7.98. The van der Waals surface area contributed by atoms with Gasteiger partial charge in [0.2, 0.25) is 0 Å². The molecule has 0 heterocycles. The average molecular weight is 243 g/mol. The molecule has 2 nitrogen and oxygen atoms in total. The normalized spacial score (nSPS) is 14.8. The Morgan fingerprint density at radius 2 is 2.12 bits per heavy atom. The molecule has 0 saturated heterocycles. The van der Waals surface area contributed by atoms with Crippen LogP contribution in [-0.2, 0) is 0 Å². The van der Waals surface area contributed by atoms with Crippen molar-refractivity contribution < 1.29 is 9.50 Å². The van der Waals surface area contributed by atoms with Crippen LogP contribution in [0.15, 0.2) is 23.1 Å². The van der Waals surface area contributed by atoms with Gasteiger partial charge in [0.15, 0.2) is 0 Å². The summed E-state index contributed by atoms with van der Waals surface area (Å²) >= 11 is 1.40. The fourth-order valence-electron chi connectivity index (χ4n) is 1.53. The van der Waals surface area contributed by atoms with E-state index in [4.69, 9.17) is 5.11 Å². The van der Waals surface area contributed by atoms with Gasteiger partial charge in [0.05, 0.1) is 6.61 Å². The Kier molecular flexibility index (Phi) is 5.25. The third-order valence-corrected chi connectivity index (χ3v) is 3.26. The zero-order chi connectivity index (χ0) is 12.1. The lowest BCUT2D eigenvalue weighted by molar-refractivity contribution is 0.243. The molecule has 1 rings (SSSR count). The number of benzene rings is 1. The Balaban J connectivity index is 2.76. The van der Waals surface area contributed by atoms with Crippen LogP contribution in [0, 0.1) is 5.82 Å². The second kappa shape index (κ2) is 6.23. The number of rotatable bonds is 5. The van der Waals surface area contributed by atoms with Gasteiger partial charge in [-0.2, -0.15) is 0 Å². The molecule has 0 aliphatic heterocycles. The quantitative estimate of drug-likeness (QED) is 0.780. The van der Waals surface area contributed by atoms with Crippen molar-refractivity contribution in [3.63, 3.8) is 0 Å². The van der Waals surface area contributed by atoms with E-state index in [1.54, 1.807) is 12.1 Å². The molecule has 4 heteroatoms. The lowest BCUT2D eigenvalue weighted by Gasteiger charge is -2.19. The summed E-state index contributed by atoms with van der Waals surface area (Å²) in [6, 6.07) is 5.30. The van der Waals surface area contributed by atoms with Crippen LogP contribution in [0.4, 0.5) is 4.39 Å². The van der Waals surface area contributed by atoms with Gasteiger partial charge in [0.25, 0.3) is 0 Å². The van der Waals surface area contributed by atoms with Gasteiger partial charge in [0.1, 0.15) is 5.82 Å². The van der Waals surface area contributed by atoms with E-state index in [0.29, 0.717) is 4.90 Å². The number of hydrogen-bond acceptors (Lipinski definition) is 3. The highest BCUT2D eigenvalue weighted by Gasteiger charge is 2.10. The number of nitrogens with one attached hydrogen (secondary N) is 1. The summed E-state index contributed by atoms with van der Waals surface area (Å²) in [5, 5.41) is 12.1.